The first kappa shape index (κ1) is 34.1. The molecule has 0 radical (unpaired) electrons. The van der Waals surface area contributed by atoms with Gasteiger partial charge in [-0.3, -0.25) is 0 Å². The van der Waals surface area contributed by atoms with E-state index in [0.29, 0.717) is 0 Å². The number of para-hydroxylation sites is 2. The molecule has 9 rings (SSSR count). The van der Waals surface area contributed by atoms with Crippen LogP contribution in [-0.2, 0) is 20.1 Å². The molecule has 2 saturated carbocycles. The summed E-state index contributed by atoms with van der Waals surface area (Å²) in [5.41, 5.74) is 9.37. The highest BCUT2D eigenvalue weighted by Gasteiger charge is 2.61. The molecule has 1 saturated heterocycles. The summed E-state index contributed by atoms with van der Waals surface area (Å²) in [5, 5.41) is 0. The van der Waals surface area contributed by atoms with Crippen LogP contribution < -0.4 is 15.3 Å². The molecule has 6 heteroatoms. The van der Waals surface area contributed by atoms with E-state index in [1.54, 1.807) is 0 Å². The van der Waals surface area contributed by atoms with Gasteiger partial charge in [0.15, 0.2) is 0 Å². The Bertz CT molecular complexity index is 1920. The summed E-state index contributed by atoms with van der Waals surface area (Å²) in [6.07, 6.45) is 7.52. The molecule has 5 aliphatic rings. The third-order valence-electron chi connectivity index (χ3n) is 14.2. The topological polar surface area (TPSA) is 24.9 Å². The van der Waals surface area contributed by atoms with Gasteiger partial charge < -0.3 is 19.1 Å². The number of rotatable bonds is 3. The van der Waals surface area contributed by atoms with Gasteiger partial charge in [0.25, 0.3) is 0 Å². The number of fused-ring (bicyclic) bond motifs is 6. The Morgan fingerprint density at radius 3 is 1.46 bits per heavy atom. The Labute approximate surface area is 308 Å². The Hall–Kier alpha value is -3.06. The minimum Gasteiger partial charge on any atom is -0.399 e. The zero-order valence-electron chi connectivity index (χ0n) is 31.1. The van der Waals surface area contributed by atoms with Gasteiger partial charge in [0.2, 0.25) is 0 Å². The third-order valence-corrected chi connectivity index (χ3v) is 14.7. The van der Waals surface area contributed by atoms with Gasteiger partial charge in [0.1, 0.15) is 0 Å². The van der Waals surface area contributed by atoms with Crippen LogP contribution >= 0.6 is 15.9 Å². The maximum absolute atomic E-state index is 6.35. The van der Waals surface area contributed by atoms with E-state index in [1.165, 1.54) is 76.9 Å². The highest BCUT2D eigenvalue weighted by molar-refractivity contribution is 9.10. The van der Waals surface area contributed by atoms with Crippen molar-refractivity contribution in [1.29, 1.82) is 0 Å². The Morgan fingerprint density at radius 2 is 0.980 bits per heavy atom. The third kappa shape index (κ3) is 4.70. The van der Waals surface area contributed by atoms with Crippen molar-refractivity contribution < 1.29 is 9.31 Å². The van der Waals surface area contributed by atoms with Crippen LogP contribution in [0.1, 0.15) is 105 Å². The smallest absolute Gasteiger partial charge is 0.399 e. The van der Waals surface area contributed by atoms with E-state index in [9.17, 15) is 0 Å². The van der Waals surface area contributed by atoms with Gasteiger partial charge in [-0.1, -0.05) is 91.1 Å². The maximum Gasteiger partial charge on any atom is 0.494 e. The van der Waals surface area contributed by atoms with Crippen molar-refractivity contribution in [2.24, 2.45) is 0 Å². The molecule has 3 heterocycles. The molecular formula is C44H52BBrN2O2. The van der Waals surface area contributed by atoms with Crippen LogP contribution in [0, 0.1) is 0 Å². The first-order valence-corrected chi connectivity index (χ1v) is 19.5. The summed E-state index contributed by atoms with van der Waals surface area (Å²) in [7, 11) is -0.313. The zero-order valence-corrected chi connectivity index (χ0v) is 32.7. The molecule has 260 valence electrons. The summed E-state index contributed by atoms with van der Waals surface area (Å²) in [6.45, 7) is 18.3. The van der Waals surface area contributed by atoms with E-state index in [2.05, 4.69) is 178 Å². The molecule has 0 aromatic heterocycles. The lowest BCUT2D eigenvalue weighted by Gasteiger charge is -2.42. The van der Waals surface area contributed by atoms with E-state index >= 15 is 0 Å². The molecule has 50 heavy (non-hydrogen) atoms. The second-order valence-corrected chi connectivity index (χ2v) is 18.2. The van der Waals surface area contributed by atoms with Gasteiger partial charge in [-0.05, 0) is 132 Å². The molecule has 4 aromatic carbocycles. The van der Waals surface area contributed by atoms with Gasteiger partial charge in [-0.25, -0.2) is 0 Å². The van der Waals surface area contributed by atoms with E-state index in [0.717, 1.165) is 5.46 Å². The van der Waals surface area contributed by atoms with E-state index in [1.807, 2.05) is 0 Å². The second-order valence-electron chi connectivity index (χ2n) is 17.3. The fourth-order valence-electron chi connectivity index (χ4n) is 10.2. The summed E-state index contributed by atoms with van der Waals surface area (Å²) >= 11 is 3.66. The zero-order chi connectivity index (χ0) is 35.3. The molecule has 0 amide bonds. The molecule has 4 atom stereocenters. The lowest BCUT2D eigenvalue weighted by atomic mass is 9.70. The predicted molar refractivity (Wildman–Crippen MR) is 213 cm³/mol. The fourth-order valence-corrected chi connectivity index (χ4v) is 10.6. The van der Waals surface area contributed by atoms with E-state index in [-0.39, 0.29) is 40.2 Å². The molecule has 0 N–H and O–H groups in total. The van der Waals surface area contributed by atoms with Gasteiger partial charge in [-0.2, -0.15) is 0 Å². The van der Waals surface area contributed by atoms with Crippen molar-refractivity contribution in [2.75, 3.05) is 9.80 Å². The molecule has 3 fully saturated rings. The molecule has 2 aliphatic carbocycles. The molecule has 4 nitrogen and oxygen atoms in total. The molecule has 0 bridgehead atoms. The molecule has 4 aromatic rings. The Morgan fingerprint density at radius 1 is 0.540 bits per heavy atom. The van der Waals surface area contributed by atoms with Gasteiger partial charge in [0, 0.05) is 38.1 Å². The number of halogens is 1. The lowest BCUT2D eigenvalue weighted by Crippen LogP contribution is -2.48. The number of nitrogens with zero attached hydrogens (tertiary/aromatic N) is 2. The maximum atomic E-state index is 6.35. The highest BCUT2D eigenvalue weighted by atomic mass is 79.9. The van der Waals surface area contributed by atoms with Gasteiger partial charge in [-0.15, -0.1) is 0 Å². The minimum atomic E-state index is -0.321. The van der Waals surface area contributed by atoms with Crippen molar-refractivity contribution in [3.05, 3.63) is 113 Å². The summed E-state index contributed by atoms with van der Waals surface area (Å²) in [5.74, 6) is 0. The normalized spacial score (nSPS) is 31.2. The minimum absolute atomic E-state index is 0.0885. The summed E-state index contributed by atoms with van der Waals surface area (Å²) in [4.78, 5) is 5.17. The standard InChI is InChI=1S/C25H32BNO2.C19H20BrN/c1-22(2)23(3,4)29-26(28-22)18-13-14-21-20(17-18)24(5)15-10-16-25(24,6)27(21)19-11-8-7-9-12-19;1-18-11-6-12-19(18,2)21(15-7-4-3-5-8-15)17-10-9-14(20)13-16(17)18/h7-9,11-14,17H,10,15-16H2,1-6H3;3-5,7-10,13H,6,11-12H2,1-2H3. The van der Waals surface area contributed by atoms with E-state index in [4.69, 9.17) is 9.31 Å². The van der Waals surface area contributed by atoms with E-state index < -0.39 is 0 Å². The Kier molecular flexibility index (Phi) is 7.81. The molecule has 3 aliphatic heterocycles. The quantitative estimate of drug-likeness (QED) is 0.196. The second kappa shape index (κ2) is 11.5. The van der Waals surface area contributed by atoms with Crippen LogP contribution in [0.3, 0.4) is 0 Å². The van der Waals surface area contributed by atoms with Crippen molar-refractivity contribution >= 4 is 51.3 Å². The molecular weight excluding hydrogens is 679 g/mol. The first-order valence-electron chi connectivity index (χ1n) is 18.7. The monoisotopic (exact) mass is 730 g/mol. The SMILES string of the molecule is CC1(C)OB(c2ccc3c(c2)C2(C)CCCC2(C)N3c2ccccc2)OC1(C)C.CC12CCCC1(C)N(c1ccccc1)c1ccc(Br)cc12. The average Bonchev–Trinajstić information content (AvgIpc) is 3.74. The van der Waals surface area contributed by atoms with Crippen molar-refractivity contribution in [1.82, 2.24) is 0 Å². The van der Waals surface area contributed by atoms with Crippen LogP contribution in [0.5, 0.6) is 0 Å². The van der Waals surface area contributed by atoms with Crippen LogP contribution in [0.25, 0.3) is 0 Å². The summed E-state index contributed by atoms with van der Waals surface area (Å²) < 4.78 is 13.9. The lowest BCUT2D eigenvalue weighted by molar-refractivity contribution is 0.00578. The van der Waals surface area contributed by atoms with Crippen molar-refractivity contribution in [2.45, 2.75) is 127 Å². The first-order chi connectivity index (χ1) is 23.7. The highest BCUT2D eigenvalue weighted by Crippen LogP contribution is 2.63. The Balaban J connectivity index is 0.000000152. The molecule has 0 spiro atoms. The van der Waals surface area contributed by atoms with Crippen LogP contribution in [0.4, 0.5) is 22.7 Å². The number of anilines is 4. The van der Waals surface area contributed by atoms with Gasteiger partial charge in [0.05, 0.1) is 22.3 Å². The largest absolute Gasteiger partial charge is 0.494 e. The number of hydrogen-bond acceptors (Lipinski definition) is 4. The van der Waals surface area contributed by atoms with Crippen LogP contribution in [0.15, 0.2) is 102 Å². The fraction of sp³-hybridized carbons (Fsp3) is 0.455. The van der Waals surface area contributed by atoms with Gasteiger partial charge >= 0.3 is 7.12 Å². The summed E-state index contributed by atoms with van der Waals surface area (Å²) in [6, 6.07) is 35.3. The van der Waals surface area contributed by atoms with Crippen LogP contribution in [0.2, 0.25) is 0 Å². The predicted octanol–water partition coefficient (Wildman–Crippen LogP) is 11.1. The number of hydrogen-bond donors (Lipinski definition) is 0. The van der Waals surface area contributed by atoms with Crippen molar-refractivity contribution in [3.63, 3.8) is 0 Å². The average molecular weight is 732 g/mol. The molecule has 4 unspecified atom stereocenters. The number of benzene rings is 4. The van der Waals surface area contributed by atoms with Crippen molar-refractivity contribution in [3.8, 4) is 0 Å². The van der Waals surface area contributed by atoms with Crippen LogP contribution in [-0.4, -0.2) is 29.4 Å².